The van der Waals surface area contributed by atoms with E-state index in [0.717, 1.165) is 11.3 Å². The molecule has 0 bridgehead atoms. The third-order valence-corrected chi connectivity index (χ3v) is 2.52. The molecule has 2 aromatic rings. The van der Waals surface area contributed by atoms with E-state index in [9.17, 15) is 4.79 Å². The Bertz CT molecular complexity index is 506. The molecular weight excluding hydrogens is 224 g/mol. The summed E-state index contributed by atoms with van der Waals surface area (Å²) in [7, 11) is 0. The van der Waals surface area contributed by atoms with Crippen molar-refractivity contribution < 1.29 is 4.79 Å². The van der Waals surface area contributed by atoms with Crippen LogP contribution in [0.4, 0.5) is 0 Å². The molecule has 0 fully saturated rings. The molecule has 0 spiro atoms. The molecule has 0 saturated heterocycles. The third-order valence-electron chi connectivity index (χ3n) is 2.22. The Balaban J connectivity index is 2.34. The van der Waals surface area contributed by atoms with Gasteiger partial charge in [0.1, 0.15) is 5.78 Å². The van der Waals surface area contributed by atoms with Crippen molar-refractivity contribution in [3.05, 3.63) is 47.2 Å². The van der Waals surface area contributed by atoms with Crippen LogP contribution in [0.5, 0.6) is 0 Å². The summed E-state index contributed by atoms with van der Waals surface area (Å²) in [6.45, 7) is 1.56. The number of hydrogen-bond acceptors (Lipinski definition) is 2. The summed E-state index contributed by atoms with van der Waals surface area (Å²) in [5, 5.41) is 4.70. The molecule has 0 aliphatic carbocycles. The maximum Gasteiger partial charge on any atom is 0.134 e. The maximum absolute atomic E-state index is 11.0. The summed E-state index contributed by atoms with van der Waals surface area (Å²) in [5.74, 6) is 0.128. The number of aromatic nitrogens is 2. The molecule has 0 aliphatic heterocycles. The highest BCUT2D eigenvalue weighted by Crippen LogP contribution is 2.21. The minimum Gasteiger partial charge on any atom is -0.300 e. The lowest BCUT2D eigenvalue weighted by atomic mass is 10.1. The Kier molecular flexibility index (Phi) is 3.06. The van der Waals surface area contributed by atoms with Gasteiger partial charge in [0, 0.05) is 18.8 Å². The van der Waals surface area contributed by atoms with Crippen molar-refractivity contribution in [1.29, 1.82) is 0 Å². The predicted molar refractivity (Wildman–Crippen MR) is 63.0 cm³/mol. The quantitative estimate of drug-likeness (QED) is 0.819. The molecule has 1 aromatic carbocycles. The molecule has 0 radical (unpaired) electrons. The first-order chi connectivity index (χ1) is 7.66. The molecular formula is C12H11ClN2O. The van der Waals surface area contributed by atoms with Crippen molar-refractivity contribution >= 4 is 17.4 Å². The van der Waals surface area contributed by atoms with Crippen molar-refractivity contribution in [1.82, 2.24) is 9.78 Å². The Hall–Kier alpha value is -1.61. The number of ketones is 1. The van der Waals surface area contributed by atoms with Gasteiger partial charge in [-0.1, -0.05) is 17.7 Å². The normalized spacial score (nSPS) is 10.4. The van der Waals surface area contributed by atoms with Gasteiger partial charge >= 0.3 is 0 Å². The molecule has 0 atom stereocenters. The summed E-state index contributed by atoms with van der Waals surface area (Å²) >= 11 is 6.13. The second-order valence-electron chi connectivity index (χ2n) is 3.62. The molecule has 16 heavy (non-hydrogen) atoms. The number of carbonyl (C=O) groups is 1. The van der Waals surface area contributed by atoms with Crippen LogP contribution in [0, 0.1) is 0 Å². The molecule has 3 nitrogen and oxygen atoms in total. The molecule has 0 unspecified atom stereocenters. The van der Waals surface area contributed by atoms with E-state index in [1.807, 2.05) is 24.4 Å². The first-order valence-corrected chi connectivity index (χ1v) is 5.32. The van der Waals surface area contributed by atoms with Crippen molar-refractivity contribution in [2.24, 2.45) is 0 Å². The zero-order chi connectivity index (χ0) is 11.5. The topological polar surface area (TPSA) is 34.9 Å². The molecule has 4 heteroatoms. The molecule has 1 aromatic heterocycles. The van der Waals surface area contributed by atoms with E-state index in [-0.39, 0.29) is 5.78 Å². The van der Waals surface area contributed by atoms with Crippen LogP contribution in [-0.2, 0) is 11.2 Å². The van der Waals surface area contributed by atoms with Crippen LogP contribution in [0.15, 0.2) is 36.7 Å². The van der Waals surface area contributed by atoms with Gasteiger partial charge in [-0.3, -0.25) is 4.79 Å². The van der Waals surface area contributed by atoms with Crippen LogP contribution in [0.25, 0.3) is 5.69 Å². The van der Waals surface area contributed by atoms with Gasteiger partial charge in [-0.15, -0.1) is 0 Å². The highest BCUT2D eigenvalue weighted by molar-refractivity contribution is 6.32. The van der Waals surface area contributed by atoms with E-state index < -0.39 is 0 Å². The lowest BCUT2D eigenvalue weighted by molar-refractivity contribution is -0.116. The summed E-state index contributed by atoms with van der Waals surface area (Å²) in [6.07, 6.45) is 3.94. The van der Waals surface area contributed by atoms with E-state index >= 15 is 0 Å². The second-order valence-corrected chi connectivity index (χ2v) is 4.02. The highest BCUT2D eigenvalue weighted by atomic mass is 35.5. The fourth-order valence-electron chi connectivity index (χ4n) is 1.54. The standard InChI is InChI=1S/C12H11ClN2O/c1-9(16)7-10-3-4-12(11(13)8-10)15-6-2-5-14-15/h2-6,8H,7H2,1H3. The van der Waals surface area contributed by atoms with Crippen LogP contribution in [0.2, 0.25) is 5.02 Å². The van der Waals surface area contributed by atoms with Crippen LogP contribution in [0.1, 0.15) is 12.5 Å². The van der Waals surface area contributed by atoms with Crippen molar-refractivity contribution in [2.45, 2.75) is 13.3 Å². The highest BCUT2D eigenvalue weighted by Gasteiger charge is 2.05. The third kappa shape index (κ3) is 2.31. The Morgan fingerprint density at radius 2 is 2.31 bits per heavy atom. The van der Waals surface area contributed by atoms with Crippen LogP contribution in [-0.4, -0.2) is 15.6 Å². The molecule has 0 amide bonds. The number of nitrogens with zero attached hydrogens (tertiary/aromatic N) is 2. The molecule has 0 N–H and O–H groups in total. The van der Waals surface area contributed by atoms with Crippen LogP contribution in [0.3, 0.4) is 0 Å². The second kappa shape index (κ2) is 4.49. The first kappa shape index (κ1) is 10.9. The number of rotatable bonds is 3. The van der Waals surface area contributed by atoms with Crippen LogP contribution >= 0.6 is 11.6 Å². The molecule has 2 rings (SSSR count). The van der Waals surface area contributed by atoms with Gasteiger partial charge in [0.25, 0.3) is 0 Å². The Morgan fingerprint density at radius 3 is 2.88 bits per heavy atom. The van der Waals surface area contributed by atoms with Crippen LogP contribution < -0.4 is 0 Å². The minimum atomic E-state index is 0.128. The molecule has 82 valence electrons. The number of benzene rings is 1. The number of halogens is 1. The Labute approximate surface area is 98.7 Å². The predicted octanol–water partition coefficient (Wildman–Crippen LogP) is 2.66. The zero-order valence-electron chi connectivity index (χ0n) is 8.85. The summed E-state index contributed by atoms with van der Waals surface area (Å²) < 4.78 is 1.69. The van der Waals surface area contributed by atoms with Gasteiger partial charge in [-0.05, 0) is 30.7 Å². The summed E-state index contributed by atoms with van der Waals surface area (Å²) in [6, 6.07) is 7.40. The summed E-state index contributed by atoms with van der Waals surface area (Å²) in [5.41, 5.74) is 1.74. The smallest absolute Gasteiger partial charge is 0.134 e. The monoisotopic (exact) mass is 234 g/mol. The fraction of sp³-hybridized carbons (Fsp3) is 0.167. The number of hydrogen-bond donors (Lipinski definition) is 0. The van der Waals surface area contributed by atoms with E-state index in [1.54, 1.807) is 23.9 Å². The van der Waals surface area contributed by atoms with Gasteiger partial charge in [0.2, 0.25) is 0 Å². The molecule has 0 aliphatic rings. The fourth-order valence-corrected chi connectivity index (χ4v) is 1.83. The van der Waals surface area contributed by atoms with Gasteiger partial charge in [-0.2, -0.15) is 5.10 Å². The first-order valence-electron chi connectivity index (χ1n) is 4.94. The van der Waals surface area contributed by atoms with Gasteiger partial charge in [0.05, 0.1) is 10.7 Å². The van der Waals surface area contributed by atoms with Gasteiger partial charge in [0.15, 0.2) is 0 Å². The molecule has 1 heterocycles. The summed E-state index contributed by atoms with van der Waals surface area (Å²) in [4.78, 5) is 11.0. The average molecular weight is 235 g/mol. The average Bonchev–Trinajstić information content (AvgIpc) is 2.69. The Morgan fingerprint density at radius 1 is 1.50 bits per heavy atom. The van der Waals surface area contributed by atoms with Crippen molar-refractivity contribution in [2.75, 3.05) is 0 Å². The number of carbonyl (C=O) groups excluding carboxylic acids is 1. The lowest BCUT2D eigenvalue weighted by Crippen LogP contribution is -1.99. The van der Waals surface area contributed by atoms with Crippen molar-refractivity contribution in [3.63, 3.8) is 0 Å². The largest absolute Gasteiger partial charge is 0.300 e. The van der Waals surface area contributed by atoms with Gasteiger partial charge in [-0.25, -0.2) is 4.68 Å². The van der Waals surface area contributed by atoms with E-state index in [2.05, 4.69) is 5.10 Å². The lowest BCUT2D eigenvalue weighted by Gasteiger charge is -2.06. The molecule has 0 saturated carbocycles. The van der Waals surface area contributed by atoms with E-state index in [0.29, 0.717) is 11.4 Å². The van der Waals surface area contributed by atoms with Gasteiger partial charge < -0.3 is 0 Å². The van der Waals surface area contributed by atoms with E-state index in [1.165, 1.54) is 0 Å². The van der Waals surface area contributed by atoms with Crippen molar-refractivity contribution in [3.8, 4) is 5.69 Å². The maximum atomic E-state index is 11.0. The van der Waals surface area contributed by atoms with E-state index in [4.69, 9.17) is 11.6 Å². The number of Topliss-reactive ketones (excluding diaryl/α,β-unsaturated/α-hetero) is 1. The zero-order valence-corrected chi connectivity index (χ0v) is 9.61. The SMILES string of the molecule is CC(=O)Cc1ccc(-n2cccn2)c(Cl)c1. The minimum absolute atomic E-state index is 0.128.